The van der Waals surface area contributed by atoms with Gasteiger partial charge in [0.1, 0.15) is 17.2 Å². The molecule has 0 N–H and O–H groups in total. The van der Waals surface area contributed by atoms with Crippen molar-refractivity contribution in [3.8, 4) is 34.0 Å². The molecule has 0 unspecified atom stereocenters. The molecule has 52 heavy (non-hydrogen) atoms. The van der Waals surface area contributed by atoms with E-state index in [1.54, 1.807) is 35.6 Å². The average Bonchev–Trinajstić information content (AvgIpc) is 4.13. The monoisotopic (exact) mass is 686 g/mol. The minimum Gasteiger partial charge on any atom is -0.497 e. The molecular formula is C40H34N10O2. The Morgan fingerprint density at radius 3 is 1.54 bits per heavy atom. The van der Waals surface area contributed by atoms with Crippen LogP contribution in [0.3, 0.4) is 0 Å². The highest BCUT2D eigenvalue weighted by Crippen LogP contribution is 2.53. The number of benzene rings is 4. The first-order valence-electron chi connectivity index (χ1n) is 17.2. The molecule has 0 aliphatic heterocycles. The van der Waals surface area contributed by atoms with Crippen LogP contribution in [0.15, 0.2) is 122 Å². The summed E-state index contributed by atoms with van der Waals surface area (Å²) >= 11 is 0. The maximum Gasteiger partial charge on any atom is 0.272 e. The largest absolute Gasteiger partial charge is 0.497 e. The second-order valence-electron chi connectivity index (χ2n) is 13.1. The Morgan fingerprint density at radius 1 is 0.519 bits per heavy atom. The van der Waals surface area contributed by atoms with E-state index in [9.17, 15) is 0 Å². The Morgan fingerprint density at radius 2 is 1.02 bits per heavy atom. The molecular weight excluding hydrogens is 653 g/mol. The summed E-state index contributed by atoms with van der Waals surface area (Å²) in [6.45, 7) is 0. The summed E-state index contributed by atoms with van der Waals surface area (Å²) in [7, 11) is 3.35. The van der Waals surface area contributed by atoms with Gasteiger partial charge in [-0.05, 0) is 61.1 Å². The van der Waals surface area contributed by atoms with Crippen molar-refractivity contribution in [1.29, 1.82) is 0 Å². The van der Waals surface area contributed by atoms with Crippen LogP contribution in [0.4, 0.5) is 0 Å². The van der Waals surface area contributed by atoms with Crippen molar-refractivity contribution >= 4 is 11.6 Å². The third kappa shape index (κ3) is 5.48. The molecule has 2 fully saturated rings. The third-order valence-electron chi connectivity index (χ3n) is 10.1. The highest BCUT2D eigenvalue weighted by atomic mass is 16.5. The second-order valence-corrected chi connectivity index (χ2v) is 13.1. The molecule has 2 saturated carbocycles. The molecule has 12 nitrogen and oxygen atoms in total. The van der Waals surface area contributed by atoms with Gasteiger partial charge in [-0.15, -0.1) is 20.4 Å². The van der Waals surface area contributed by atoms with Crippen LogP contribution in [0.5, 0.6) is 11.5 Å². The molecule has 4 aromatic heterocycles. The first-order chi connectivity index (χ1) is 25.6. The van der Waals surface area contributed by atoms with Crippen molar-refractivity contribution in [1.82, 2.24) is 49.6 Å². The molecule has 256 valence electrons. The highest BCUT2D eigenvalue weighted by molar-refractivity contribution is 5.60. The standard InChI is InChI=1S/2C20H17N5O/c1-26-16-9-7-15(8-10-16)20(11-12-20)18-23-24-19-22-17(13-21-25(18)19)14-5-3-2-4-6-14;1-26-16-9-7-15(8-10-16)20(11-12-20)18-22-23-19-21-13-17(24-25(18)19)14-5-3-2-4-6-14/h2*2-10,13H,11-12H2,1H3. The van der Waals surface area contributed by atoms with Gasteiger partial charge >= 0.3 is 0 Å². The van der Waals surface area contributed by atoms with Crippen molar-refractivity contribution < 1.29 is 9.47 Å². The van der Waals surface area contributed by atoms with Gasteiger partial charge in [-0.25, -0.2) is 9.97 Å². The molecule has 0 atom stereocenters. The van der Waals surface area contributed by atoms with Gasteiger partial charge in [0.2, 0.25) is 0 Å². The van der Waals surface area contributed by atoms with Crippen LogP contribution in [0.2, 0.25) is 0 Å². The van der Waals surface area contributed by atoms with E-state index in [4.69, 9.17) is 14.6 Å². The molecule has 0 amide bonds. The van der Waals surface area contributed by atoms with E-state index in [1.165, 1.54) is 11.1 Å². The van der Waals surface area contributed by atoms with E-state index in [0.29, 0.717) is 11.6 Å². The van der Waals surface area contributed by atoms with Gasteiger partial charge in [-0.2, -0.15) is 19.2 Å². The fourth-order valence-corrected chi connectivity index (χ4v) is 6.83. The van der Waals surface area contributed by atoms with E-state index >= 15 is 0 Å². The highest BCUT2D eigenvalue weighted by Gasteiger charge is 2.51. The summed E-state index contributed by atoms with van der Waals surface area (Å²) in [6, 6.07) is 36.3. The summed E-state index contributed by atoms with van der Waals surface area (Å²) in [6.07, 6.45) is 7.63. The van der Waals surface area contributed by atoms with Gasteiger partial charge in [-0.1, -0.05) is 84.9 Å². The van der Waals surface area contributed by atoms with E-state index in [-0.39, 0.29) is 10.8 Å². The van der Waals surface area contributed by atoms with Crippen LogP contribution in [0.1, 0.15) is 48.5 Å². The maximum absolute atomic E-state index is 5.27. The van der Waals surface area contributed by atoms with Crippen LogP contribution in [0, 0.1) is 0 Å². The third-order valence-corrected chi connectivity index (χ3v) is 10.1. The molecule has 2 aliphatic rings. The lowest BCUT2D eigenvalue weighted by atomic mass is 9.95. The zero-order valence-electron chi connectivity index (χ0n) is 28.7. The van der Waals surface area contributed by atoms with Gasteiger partial charge in [0.25, 0.3) is 11.6 Å². The minimum absolute atomic E-state index is 0.130. The summed E-state index contributed by atoms with van der Waals surface area (Å²) in [5, 5.41) is 26.8. The van der Waals surface area contributed by atoms with Crippen LogP contribution in [-0.2, 0) is 10.8 Å². The predicted octanol–water partition coefficient (Wildman–Crippen LogP) is 6.55. The number of ether oxygens (including phenoxy) is 2. The maximum atomic E-state index is 5.27. The second kappa shape index (κ2) is 12.6. The normalized spacial score (nSPS) is 15.1. The molecule has 0 saturated heterocycles. The number of aromatic nitrogens is 10. The number of rotatable bonds is 8. The van der Waals surface area contributed by atoms with Crippen LogP contribution < -0.4 is 9.47 Å². The molecule has 4 aromatic carbocycles. The average molecular weight is 687 g/mol. The van der Waals surface area contributed by atoms with Gasteiger partial charge < -0.3 is 9.47 Å². The molecule has 0 spiro atoms. The quantitative estimate of drug-likeness (QED) is 0.173. The summed E-state index contributed by atoms with van der Waals surface area (Å²) in [5.74, 6) is 4.46. The molecule has 4 heterocycles. The predicted molar refractivity (Wildman–Crippen MR) is 194 cm³/mol. The zero-order chi connectivity index (χ0) is 35.1. The Bertz CT molecular complexity index is 2490. The Balaban J connectivity index is 0.000000138. The summed E-state index contributed by atoms with van der Waals surface area (Å²) < 4.78 is 14.1. The Labute approximate surface area is 299 Å². The van der Waals surface area contributed by atoms with Crippen LogP contribution in [-0.4, -0.2) is 63.8 Å². The molecule has 10 rings (SSSR count). The zero-order valence-corrected chi connectivity index (χ0v) is 28.7. The van der Waals surface area contributed by atoms with E-state index in [2.05, 4.69) is 59.7 Å². The fraction of sp³-hybridized carbons (Fsp3) is 0.200. The number of hydrogen-bond acceptors (Lipinski definition) is 10. The lowest BCUT2D eigenvalue weighted by molar-refractivity contribution is 0.414. The van der Waals surface area contributed by atoms with Crippen LogP contribution >= 0.6 is 0 Å². The number of methoxy groups -OCH3 is 2. The lowest BCUT2D eigenvalue weighted by Crippen LogP contribution is -2.15. The topological polar surface area (TPSA) is 130 Å². The van der Waals surface area contributed by atoms with Gasteiger partial charge in [0, 0.05) is 11.1 Å². The molecule has 0 bridgehead atoms. The van der Waals surface area contributed by atoms with Crippen molar-refractivity contribution in [2.45, 2.75) is 36.5 Å². The van der Waals surface area contributed by atoms with E-state index in [1.807, 2.05) is 84.9 Å². The van der Waals surface area contributed by atoms with Gasteiger partial charge in [0.15, 0.2) is 11.6 Å². The first-order valence-corrected chi connectivity index (χ1v) is 17.2. The van der Waals surface area contributed by atoms with Crippen molar-refractivity contribution in [2.24, 2.45) is 0 Å². The first kappa shape index (κ1) is 31.4. The smallest absolute Gasteiger partial charge is 0.272 e. The fourth-order valence-electron chi connectivity index (χ4n) is 6.83. The van der Waals surface area contributed by atoms with E-state index in [0.717, 1.165) is 71.3 Å². The van der Waals surface area contributed by atoms with Gasteiger partial charge in [0.05, 0.1) is 43.1 Å². The van der Waals surface area contributed by atoms with Crippen molar-refractivity contribution in [2.75, 3.05) is 14.2 Å². The lowest BCUT2D eigenvalue weighted by Gasteiger charge is -2.14. The molecule has 8 aromatic rings. The van der Waals surface area contributed by atoms with Crippen molar-refractivity contribution in [3.63, 3.8) is 0 Å². The van der Waals surface area contributed by atoms with Gasteiger partial charge in [-0.3, -0.25) is 0 Å². The number of fused-ring (bicyclic) bond motifs is 2. The minimum atomic E-state index is -0.143. The number of hydrogen-bond donors (Lipinski definition) is 0. The molecule has 2 aliphatic carbocycles. The Kier molecular flexibility index (Phi) is 7.64. The molecule has 0 radical (unpaired) electrons. The molecule has 12 heteroatoms. The summed E-state index contributed by atoms with van der Waals surface area (Å²) in [5.41, 5.74) is 5.79. The van der Waals surface area contributed by atoms with Crippen molar-refractivity contribution in [3.05, 3.63) is 144 Å². The SMILES string of the molecule is COc1ccc(C2(c3nnc4nc(-c5ccccc5)cnn34)CC2)cc1.COc1ccc(C2(c3nnc4ncc(-c5ccccc5)nn34)CC2)cc1. The van der Waals surface area contributed by atoms with Crippen LogP contribution in [0.25, 0.3) is 34.1 Å². The number of nitrogens with zero attached hydrogens (tertiary/aromatic N) is 10. The Hall–Kier alpha value is -6.56. The van der Waals surface area contributed by atoms with E-state index < -0.39 is 0 Å². The summed E-state index contributed by atoms with van der Waals surface area (Å²) in [4.78, 5) is 9.08.